The van der Waals surface area contributed by atoms with Gasteiger partial charge in [0, 0.05) is 24.8 Å². The third-order valence-electron chi connectivity index (χ3n) is 2.97. The van der Waals surface area contributed by atoms with E-state index in [4.69, 9.17) is 5.11 Å². The summed E-state index contributed by atoms with van der Waals surface area (Å²) in [7, 11) is 1.97. The summed E-state index contributed by atoms with van der Waals surface area (Å²) in [6.07, 6.45) is 1.76. The van der Waals surface area contributed by atoms with Gasteiger partial charge in [0.05, 0.1) is 5.69 Å². The van der Waals surface area contributed by atoms with Crippen LogP contribution in [0.15, 0.2) is 42.6 Å². The molecular formula is C17H17FN2O. The van der Waals surface area contributed by atoms with Gasteiger partial charge in [-0.05, 0) is 36.9 Å². The first-order valence-corrected chi connectivity index (χ1v) is 6.65. The molecule has 2 aromatic rings. The molecule has 0 saturated heterocycles. The number of hydrogen-bond acceptors (Lipinski definition) is 3. The molecule has 0 aliphatic heterocycles. The average molecular weight is 284 g/mol. The van der Waals surface area contributed by atoms with Crippen molar-refractivity contribution >= 4 is 0 Å². The third kappa shape index (κ3) is 4.67. The largest absolute Gasteiger partial charge is 0.384 e. The molecule has 0 aliphatic rings. The maximum absolute atomic E-state index is 13.3. The second-order valence-electron chi connectivity index (χ2n) is 4.75. The lowest BCUT2D eigenvalue weighted by Crippen LogP contribution is -2.18. The van der Waals surface area contributed by atoms with Crippen LogP contribution in [0, 0.1) is 17.7 Å². The molecule has 0 radical (unpaired) electrons. The number of aromatic nitrogens is 1. The van der Waals surface area contributed by atoms with E-state index in [9.17, 15) is 4.39 Å². The van der Waals surface area contributed by atoms with Crippen LogP contribution in [0.1, 0.15) is 16.8 Å². The fraction of sp³-hybridized carbons (Fsp3) is 0.235. The predicted molar refractivity (Wildman–Crippen MR) is 79.8 cm³/mol. The minimum Gasteiger partial charge on any atom is -0.384 e. The van der Waals surface area contributed by atoms with Crippen LogP contribution in [0.3, 0.4) is 0 Å². The molecule has 1 aromatic carbocycles. The fourth-order valence-corrected chi connectivity index (χ4v) is 2.05. The highest BCUT2D eigenvalue weighted by atomic mass is 19.1. The Morgan fingerprint density at radius 3 is 2.81 bits per heavy atom. The third-order valence-corrected chi connectivity index (χ3v) is 2.97. The zero-order valence-corrected chi connectivity index (χ0v) is 11.9. The molecule has 0 saturated carbocycles. The summed E-state index contributed by atoms with van der Waals surface area (Å²) in [4.78, 5) is 6.37. The van der Waals surface area contributed by atoms with E-state index < -0.39 is 0 Å². The summed E-state index contributed by atoms with van der Waals surface area (Å²) in [5, 5.41) is 8.78. The van der Waals surface area contributed by atoms with Crippen LogP contribution in [0.4, 0.5) is 4.39 Å². The molecule has 0 bridgehead atoms. The van der Waals surface area contributed by atoms with Crippen LogP contribution in [0.2, 0.25) is 0 Å². The second kappa shape index (κ2) is 7.53. The van der Waals surface area contributed by atoms with Crippen LogP contribution in [0.5, 0.6) is 0 Å². The van der Waals surface area contributed by atoms with Crippen molar-refractivity contribution < 1.29 is 9.50 Å². The Hall–Kier alpha value is -2.22. The first kappa shape index (κ1) is 15.2. The quantitative estimate of drug-likeness (QED) is 0.874. The zero-order chi connectivity index (χ0) is 15.1. The van der Waals surface area contributed by atoms with Gasteiger partial charge in [-0.15, -0.1) is 0 Å². The van der Waals surface area contributed by atoms with E-state index in [2.05, 4.69) is 21.7 Å². The van der Waals surface area contributed by atoms with E-state index in [0.717, 1.165) is 11.3 Å². The summed E-state index contributed by atoms with van der Waals surface area (Å²) in [6.45, 7) is 1.09. The lowest BCUT2D eigenvalue weighted by molar-refractivity contribution is 0.314. The molecule has 0 fully saturated rings. The average Bonchev–Trinajstić information content (AvgIpc) is 2.48. The van der Waals surface area contributed by atoms with Crippen LogP contribution >= 0.6 is 0 Å². The van der Waals surface area contributed by atoms with Crippen molar-refractivity contribution in [1.29, 1.82) is 0 Å². The molecule has 108 valence electrons. The topological polar surface area (TPSA) is 36.4 Å². The number of rotatable bonds is 4. The molecule has 4 heteroatoms. The fourth-order valence-electron chi connectivity index (χ4n) is 2.05. The first-order chi connectivity index (χ1) is 10.2. The van der Waals surface area contributed by atoms with Crippen molar-refractivity contribution in [1.82, 2.24) is 9.88 Å². The van der Waals surface area contributed by atoms with Gasteiger partial charge < -0.3 is 5.11 Å². The maximum Gasteiger partial charge on any atom is 0.124 e. The number of benzene rings is 1. The molecule has 0 aliphatic carbocycles. The van der Waals surface area contributed by atoms with Gasteiger partial charge in [0.2, 0.25) is 0 Å². The van der Waals surface area contributed by atoms with Gasteiger partial charge in [0.25, 0.3) is 0 Å². The summed E-state index contributed by atoms with van der Waals surface area (Å²) in [5.74, 6) is 5.03. The lowest BCUT2D eigenvalue weighted by atomic mass is 10.1. The number of aliphatic hydroxyl groups is 1. The standard InChI is InChI=1S/C17H17FN2O/c1-20(13-17-6-2-3-9-19-17)12-15-7-8-16(18)11-14(15)5-4-10-21/h2-3,6-9,11,21H,10,12-13H2,1H3. The Labute approximate surface area is 124 Å². The number of pyridine rings is 1. The van der Waals surface area contributed by atoms with Crippen molar-refractivity contribution in [3.8, 4) is 11.8 Å². The molecule has 1 heterocycles. The summed E-state index contributed by atoms with van der Waals surface area (Å²) in [5.41, 5.74) is 2.51. The van der Waals surface area contributed by atoms with Gasteiger partial charge in [-0.25, -0.2) is 4.39 Å². The van der Waals surface area contributed by atoms with Gasteiger partial charge in [-0.1, -0.05) is 24.0 Å². The van der Waals surface area contributed by atoms with E-state index >= 15 is 0 Å². The lowest BCUT2D eigenvalue weighted by Gasteiger charge is -2.17. The number of aliphatic hydroxyl groups excluding tert-OH is 1. The molecule has 1 N–H and O–H groups in total. The van der Waals surface area contributed by atoms with Crippen LogP contribution < -0.4 is 0 Å². The molecule has 0 amide bonds. The normalized spacial score (nSPS) is 10.3. The van der Waals surface area contributed by atoms with E-state index in [1.54, 1.807) is 12.3 Å². The Balaban J connectivity index is 2.11. The molecule has 1 aromatic heterocycles. The first-order valence-electron chi connectivity index (χ1n) is 6.65. The van der Waals surface area contributed by atoms with Crippen LogP contribution in [-0.2, 0) is 13.1 Å². The SMILES string of the molecule is CN(Cc1ccccn1)Cc1ccc(F)cc1C#CCO. The highest BCUT2D eigenvalue weighted by Crippen LogP contribution is 2.13. The van der Waals surface area contributed by atoms with E-state index in [-0.39, 0.29) is 12.4 Å². The van der Waals surface area contributed by atoms with Crippen molar-refractivity contribution in [2.75, 3.05) is 13.7 Å². The van der Waals surface area contributed by atoms with E-state index in [1.165, 1.54) is 12.1 Å². The molecule has 3 nitrogen and oxygen atoms in total. The maximum atomic E-state index is 13.3. The minimum atomic E-state index is -0.326. The molecular weight excluding hydrogens is 267 g/mol. The zero-order valence-electron chi connectivity index (χ0n) is 11.9. The number of nitrogens with zero attached hydrogens (tertiary/aromatic N) is 2. The van der Waals surface area contributed by atoms with Gasteiger partial charge in [0.1, 0.15) is 12.4 Å². The molecule has 2 rings (SSSR count). The van der Waals surface area contributed by atoms with Crippen molar-refractivity contribution in [2.24, 2.45) is 0 Å². The highest BCUT2D eigenvalue weighted by molar-refractivity contribution is 5.41. The number of hydrogen-bond donors (Lipinski definition) is 1. The number of halogens is 1. The Morgan fingerprint density at radius 1 is 1.24 bits per heavy atom. The Bertz CT molecular complexity index is 647. The minimum absolute atomic E-state index is 0.236. The smallest absolute Gasteiger partial charge is 0.124 e. The van der Waals surface area contributed by atoms with Gasteiger partial charge in [-0.3, -0.25) is 9.88 Å². The summed E-state index contributed by atoms with van der Waals surface area (Å²) in [6, 6.07) is 10.3. The van der Waals surface area contributed by atoms with Gasteiger partial charge >= 0.3 is 0 Å². The summed E-state index contributed by atoms with van der Waals surface area (Å²) >= 11 is 0. The second-order valence-corrected chi connectivity index (χ2v) is 4.75. The Morgan fingerprint density at radius 2 is 2.10 bits per heavy atom. The monoisotopic (exact) mass is 284 g/mol. The van der Waals surface area contributed by atoms with Crippen LogP contribution in [0.25, 0.3) is 0 Å². The van der Waals surface area contributed by atoms with Crippen molar-refractivity contribution in [2.45, 2.75) is 13.1 Å². The van der Waals surface area contributed by atoms with Crippen molar-refractivity contribution in [3.05, 3.63) is 65.2 Å². The Kier molecular flexibility index (Phi) is 5.44. The van der Waals surface area contributed by atoms with E-state index in [1.807, 2.05) is 25.2 Å². The van der Waals surface area contributed by atoms with Gasteiger partial charge in [-0.2, -0.15) is 0 Å². The predicted octanol–water partition coefficient (Wildman–Crippen LogP) is 2.20. The van der Waals surface area contributed by atoms with Crippen LogP contribution in [-0.4, -0.2) is 28.6 Å². The molecule has 0 atom stereocenters. The summed E-state index contributed by atoms with van der Waals surface area (Å²) < 4.78 is 13.3. The molecule has 0 spiro atoms. The van der Waals surface area contributed by atoms with Gasteiger partial charge in [0.15, 0.2) is 0 Å². The van der Waals surface area contributed by atoms with E-state index in [0.29, 0.717) is 18.7 Å². The van der Waals surface area contributed by atoms with Crippen molar-refractivity contribution in [3.63, 3.8) is 0 Å². The highest BCUT2D eigenvalue weighted by Gasteiger charge is 2.07. The molecule has 21 heavy (non-hydrogen) atoms. The molecule has 0 unspecified atom stereocenters.